The van der Waals surface area contributed by atoms with Crippen molar-refractivity contribution in [1.29, 1.82) is 0 Å². The quantitative estimate of drug-likeness (QED) is 0.688. The molecule has 0 radical (unpaired) electrons. The monoisotopic (exact) mass is 331 g/mol. The lowest BCUT2D eigenvalue weighted by Gasteiger charge is -2.13. The summed E-state index contributed by atoms with van der Waals surface area (Å²) in [7, 11) is -3.73. The van der Waals surface area contributed by atoms with Gasteiger partial charge in [0.2, 0.25) is 0 Å². The van der Waals surface area contributed by atoms with E-state index in [4.69, 9.17) is 0 Å². The minimum atomic E-state index is -3.73. The predicted octanol–water partition coefficient (Wildman–Crippen LogP) is 2.58. The molecule has 0 fully saturated rings. The molecule has 120 valence electrons. The first-order chi connectivity index (χ1) is 10.8. The summed E-state index contributed by atoms with van der Waals surface area (Å²) in [6, 6.07) is 8.23. The van der Waals surface area contributed by atoms with Gasteiger partial charge in [-0.1, -0.05) is 6.07 Å². The van der Waals surface area contributed by atoms with Crippen molar-refractivity contribution in [1.82, 2.24) is 9.97 Å². The summed E-state index contributed by atoms with van der Waals surface area (Å²) < 4.78 is 27.8. The molecule has 2 aromatic carbocycles. The Morgan fingerprint density at radius 3 is 2.26 bits per heavy atom. The first-order valence-electron chi connectivity index (χ1n) is 7.09. The zero-order valence-corrected chi connectivity index (χ0v) is 13.8. The second-order valence-electron chi connectivity index (χ2n) is 5.64. The Morgan fingerprint density at radius 1 is 0.870 bits per heavy atom. The molecule has 6 nitrogen and oxygen atoms in total. The van der Waals surface area contributed by atoms with Crippen LogP contribution in [0.3, 0.4) is 0 Å². The highest BCUT2D eigenvalue weighted by molar-refractivity contribution is 7.92. The lowest BCUT2D eigenvalue weighted by atomic mass is 10.1. The van der Waals surface area contributed by atoms with Crippen molar-refractivity contribution < 1.29 is 8.42 Å². The van der Waals surface area contributed by atoms with Crippen molar-refractivity contribution in [3.63, 3.8) is 0 Å². The van der Waals surface area contributed by atoms with Gasteiger partial charge in [-0.15, -0.1) is 0 Å². The van der Waals surface area contributed by atoms with Gasteiger partial charge in [0.15, 0.2) is 0 Å². The van der Waals surface area contributed by atoms with Gasteiger partial charge in [0.05, 0.1) is 21.6 Å². The Labute approximate surface area is 133 Å². The molecular weight excluding hydrogens is 314 g/mol. The number of aromatic nitrogens is 2. The molecule has 0 aliphatic rings. The molecule has 0 amide bonds. The average molecular weight is 331 g/mol. The smallest absolute Gasteiger partial charge is 0.306 e. The van der Waals surface area contributed by atoms with E-state index in [9.17, 15) is 13.2 Å². The van der Waals surface area contributed by atoms with Crippen molar-refractivity contribution in [2.24, 2.45) is 0 Å². The molecule has 7 heteroatoms. The number of sulfonamides is 1. The topological polar surface area (TPSA) is 94.8 Å². The van der Waals surface area contributed by atoms with Crippen molar-refractivity contribution in [2.75, 3.05) is 4.72 Å². The van der Waals surface area contributed by atoms with E-state index in [0.29, 0.717) is 16.7 Å². The van der Waals surface area contributed by atoms with E-state index in [1.807, 2.05) is 32.9 Å². The number of nitrogens with one attached hydrogen (secondary N) is 3. The van der Waals surface area contributed by atoms with Crippen molar-refractivity contribution in [3.05, 3.63) is 57.5 Å². The van der Waals surface area contributed by atoms with Gasteiger partial charge in [-0.2, -0.15) is 0 Å². The second-order valence-corrected chi connectivity index (χ2v) is 7.33. The zero-order valence-electron chi connectivity index (χ0n) is 13.0. The van der Waals surface area contributed by atoms with Crippen LogP contribution in [-0.2, 0) is 10.0 Å². The van der Waals surface area contributed by atoms with Gasteiger partial charge in [-0.05, 0) is 61.7 Å². The Balaban J connectivity index is 2.03. The molecule has 3 N–H and O–H groups in total. The summed E-state index contributed by atoms with van der Waals surface area (Å²) in [6.45, 7) is 5.77. The minimum Gasteiger partial charge on any atom is -0.306 e. The van der Waals surface area contributed by atoms with E-state index in [2.05, 4.69) is 14.7 Å². The number of hydrogen-bond donors (Lipinski definition) is 3. The number of hydrogen-bond acceptors (Lipinski definition) is 3. The van der Waals surface area contributed by atoms with Crippen LogP contribution in [0.5, 0.6) is 0 Å². The van der Waals surface area contributed by atoms with Gasteiger partial charge in [0.25, 0.3) is 10.0 Å². The Kier molecular flexibility index (Phi) is 3.52. The molecule has 0 aliphatic carbocycles. The summed E-state index contributed by atoms with van der Waals surface area (Å²) in [6.07, 6.45) is 0. The van der Waals surface area contributed by atoms with Crippen LogP contribution in [-0.4, -0.2) is 18.4 Å². The fourth-order valence-corrected chi connectivity index (χ4v) is 3.60. The van der Waals surface area contributed by atoms with Gasteiger partial charge in [0, 0.05) is 0 Å². The van der Waals surface area contributed by atoms with E-state index in [1.54, 1.807) is 6.07 Å². The van der Waals surface area contributed by atoms with Crippen molar-refractivity contribution >= 4 is 26.7 Å². The van der Waals surface area contributed by atoms with Crippen LogP contribution in [0.25, 0.3) is 11.0 Å². The van der Waals surface area contributed by atoms with Crippen LogP contribution in [0.1, 0.15) is 16.7 Å². The predicted molar refractivity (Wildman–Crippen MR) is 90.4 cm³/mol. The molecule has 1 heterocycles. The normalized spacial score (nSPS) is 11.8. The third kappa shape index (κ3) is 2.87. The lowest BCUT2D eigenvalue weighted by Crippen LogP contribution is -2.14. The molecule has 0 bridgehead atoms. The van der Waals surface area contributed by atoms with Crippen LogP contribution < -0.4 is 10.4 Å². The molecule has 0 saturated heterocycles. The first-order valence-corrected chi connectivity index (χ1v) is 8.57. The highest BCUT2D eigenvalue weighted by Crippen LogP contribution is 2.24. The van der Waals surface area contributed by atoms with Crippen LogP contribution in [0.15, 0.2) is 40.0 Å². The zero-order chi connectivity index (χ0) is 16.8. The number of H-pyrrole nitrogens is 2. The molecule has 0 saturated carbocycles. The maximum absolute atomic E-state index is 12.6. The fraction of sp³-hybridized carbons (Fsp3) is 0.188. The number of aromatic amines is 2. The SMILES string of the molecule is Cc1cc(C)c(NS(=O)(=O)c2ccc3[nH]c(=O)[nH]c3c2)cc1C. The van der Waals surface area contributed by atoms with Crippen LogP contribution in [0, 0.1) is 20.8 Å². The van der Waals surface area contributed by atoms with Gasteiger partial charge < -0.3 is 9.97 Å². The average Bonchev–Trinajstić information content (AvgIpc) is 2.83. The molecule has 0 spiro atoms. The van der Waals surface area contributed by atoms with Gasteiger partial charge in [0.1, 0.15) is 0 Å². The van der Waals surface area contributed by atoms with Crippen molar-refractivity contribution in [3.8, 4) is 0 Å². The van der Waals surface area contributed by atoms with Gasteiger partial charge >= 0.3 is 5.69 Å². The molecule has 23 heavy (non-hydrogen) atoms. The van der Waals surface area contributed by atoms with Gasteiger partial charge in [-0.25, -0.2) is 13.2 Å². The minimum absolute atomic E-state index is 0.0953. The summed E-state index contributed by atoms with van der Waals surface area (Å²) >= 11 is 0. The maximum atomic E-state index is 12.6. The van der Waals surface area contributed by atoms with E-state index in [-0.39, 0.29) is 10.6 Å². The lowest BCUT2D eigenvalue weighted by molar-refractivity contribution is 0.601. The van der Waals surface area contributed by atoms with E-state index in [1.165, 1.54) is 12.1 Å². The summed E-state index contributed by atoms with van der Waals surface area (Å²) in [5, 5.41) is 0. The highest BCUT2D eigenvalue weighted by atomic mass is 32.2. The van der Waals surface area contributed by atoms with Crippen molar-refractivity contribution in [2.45, 2.75) is 25.7 Å². The molecule has 0 atom stereocenters. The number of fused-ring (bicyclic) bond motifs is 1. The number of anilines is 1. The highest BCUT2D eigenvalue weighted by Gasteiger charge is 2.17. The Hall–Kier alpha value is -2.54. The fourth-order valence-electron chi connectivity index (χ4n) is 2.45. The number of benzene rings is 2. The maximum Gasteiger partial charge on any atom is 0.323 e. The first kappa shape index (κ1) is 15.4. The van der Waals surface area contributed by atoms with Crippen LogP contribution in [0.2, 0.25) is 0 Å². The third-order valence-electron chi connectivity index (χ3n) is 3.88. The largest absolute Gasteiger partial charge is 0.323 e. The number of aryl methyl sites for hydroxylation is 3. The van der Waals surface area contributed by atoms with Crippen LogP contribution >= 0.6 is 0 Å². The molecule has 0 unspecified atom stereocenters. The molecule has 3 rings (SSSR count). The second kappa shape index (κ2) is 5.27. The van der Waals surface area contributed by atoms with E-state index < -0.39 is 10.0 Å². The Morgan fingerprint density at radius 2 is 1.52 bits per heavy atom. The van der Waals surface area contributed by atoms with Gasteiger partial charge in [-0.3, -0.25) is 4.72 Å². The third-order valence-corrected chi connectivity index (χ3v) is 5.25. The van der Waals surface area contributed by atoms with Crippen LogP contribution in [0.4, 0.5) is 5.69 Å². The summed E-state index contributed by atoms with van der Waals surface area (Å²) in [5.74, 6) is 0. The number of rotatable bonds is 3. The van der Waals surface area contributed by atoms with E-state index >= 15 is 0 Å². The van der Waals surface area contributed by atoms with E-state index in [0.717, 1.165) is 16.7 Å². The standard InChI is InChI=1S/C16H17N3O3S/c1-9-6-11(3)14(7-10(9)2)19-23(21,22)12-4-5-13-15(8-12)18-16(20)17-13/h4-8,19H,1-3H3,(H2,17,18,20). The number of imidazole rings is 1. The molecular formula is C16H17N3O3S. The molecule has 3 aromatic rings. The summed E-state index contributed by atoms with van der Waals surface area (Å²) in [4.78, 5) is 16.5. The summed E-state index contributed by atoms with van der Waals surface area (Å²) in [5.41, 5.74) is 4.18. The molecule has 1 aromatic heterocycles. The Bertz CT molecular complexity index is 1060. The molecule has 0 aliphatic heterocycles.